The summed E-state index contributed by atoms with van der Waals surface area (Å²) in [5.74, 6) is -0.468. The molecule has 0 saturated carbocycles. The van der Waals surface area contributed by atoms with E-state index in [1.807, 2.05) is 37.3 Å². The molecule has 0 bridgehead atoms. The molecule has 1 aromatic rings. The van der Waals surface area contributed by atoms with Gasteiger partial charge in [0, 0.05) is 13.0 Å². The normalized spacial score (nSPS) is 9.71. The van der Waals surface area contributed by atoms with E-state index >= 15 is 0 Å². The Kier molecular flexibility index (Phi) is 5.79. The lowest BCUT2D eigenvalue weighted by Crippen LogP contribution is -2.23. The molecule has 0 aromatic heterocycles. The molecule has 0 heterocycles. The summed E-state index contributed by atoms with van der Waals surface area (Å²) in [6.07, 6.45) is 0.306. The van der Waals surface area contributed by atoms with Gasteiger partial charge in [-0.2, -0.15) is 0 Å². The number of esters is 1. The second kappa shape index (κ2) is 7.44. The first-order valence-corrected chi connectivity index (χ1v) is 5.68. The average molecular weight is 235 g/mol. The SMILES string of the molecule is CCNC(=O)CCC(=O)OCc1ccccc1. The lowest BCUT2D eigenvalue weighted by atomic mass is 10.2. The molecule has 0 aliphatic rings. The average Bonchev–Trinajstić information content (AvgIpc) is 2.35. The molecule has 0 aliphatic carbocycles. The topological polar surface area (TPSA) is 55.4 Å². The molecule has 0 aliphatic heterocycles. The van der Waals surface area contributed by atoms with Gasteiger partial charge in [-0.15, -0.1) is 0 Å². The summed E-state index contributed by atoms with van der Waals surface area (Å²) < 4.78 is 5.04. The highest BCUT2D eigenvalue weighted by Crippen LogP contribution is 2.02. The standard InChI is InChI=1S/C13H17NO3/c1-2-14-12(15)8-9-13(16)17-10-11-6-4-3-5-7-11/h3-7H,2,8-10H2,1H3,(H,14,15). The smallest absolute Gasteiger partial charge is 0.306 e. The number of hydrogen-bond acceptors (Lipinski definition) is 3. The predicted octanol–water partition coefficient (Wildman–Crippen LogP) is 1.65. The molecule has 1 amide bonds. The molecule has 4 heteroatoms. The van der Waals surface area contributed by atoms with Crippen molar-refractivity contribution < 1.29 is 14.3 Å². The van der Waals surface area contributed by atoms with Crippen LogP contribution in [0.15, 0.2) is 30.3 Å². The van der Waals surface area contributed by atoms with Crippen LogP contribution in [0.1, 0.15) is 25.3 Å². The third-order valence-corrected chi connectivity index (χ3v) is 2.17. The molecule has 17 heavy (non-hydrogen) atoms. The van der Waals surface area contributed by atoms with Crippen LogP contribution in [0.4, 0.5) is 0 Å². The number of rotatable bonds is 6. The molecule has 0 atom stereocenters. The van der Waals surface area contributed by atoms with Gasteiger partial charge in [-0.1, -0.05) is 30.3 Å². The van der Waals surface area contributed by atoms with Crippen molar-refractivity contribution in [1.29, 1.82) is 0 Å². The van der Waals surface area contributed by atoms with E-state index in [0.717, 1.165) is 5.56 Å². The minimum atomic E-state index is -0.347. The highest BCUT2D eigenvalue weighted by molar-refractivity contribution is 5.81. The minimum absolute atomic E-state index is 0.121. The number of hydrogen-bond donors (Lipinski definition) is 1. The molecule has 0 unspecified atom stereocenters. The fourth-order valence-electron chi connectivity index (χ4n) is 1.31. The molecule has 0 radical (unpaired) electrons. The van der Waals surface area contributed by atoms with Crippen LogP contribution in [0, 0.1) is 0 Å². The number of amides is 1. The Morgan fingerprint density at radius 2 is 1.88 bits per heavy atom. The number of ether oxygens (including phenoxy) is 1. The van der Waals surface area contributed by atoms with Crippen molar-refractivity contribution >= 4 is 11.9 Å². The number of nitrogens with one attached hydrogen (secondary N) is 1. The first-order chi connectivity index (χ1) is 8.22. The van der Waals surface area contributed by atoms with Crippen molar-refractivity contribution in [3.8, 4) is 0 Å². The van der Waals surface area contributed by atoms with Gasteiger partial charge in [-0.05, 0) is 12.5 Å². The van der Waals surface area contributed by atoms with Gasteiger partial charge in [0.05, 0.1) is 6.42 Å². The molecule has 1 rings (SSSR count). The maximum atomic E-state index is 11.3. The Bertz CT molecular complexity index is 362. The van der Waals surface area contributed by atoms with E-state index in [4.69, 9.17) is 4.74 Å². The van der Waals surface area contributed by atoms with E-state index in [1.54, 1.807) is 0 Å². The Balaban J connectivity index is 2.20. The van der Waals surface area contributed by atoms with Gasteiger partial charge in [-0.25, -0.2) is 0 Å². The van der Waals surface area contributed by atoms with Crippen LogP contribution in [0.25, 0.3) is 0 Å². The fraction of sp³-hybridized carbons (Fsp3) is 0.385. The maximum absolute atomic E-state index is 11.3. The third-order valence-electron chi connectivity index (χ3n) is 2.17. The van der Waals surface area contributed by atoms with Gasteiger partial charge in [0.25, 0.3) is 0 Å². The predicted molar refractivity (Wildman–Crippen MR) is 64.2 cm³/mol. The zero-order chi connectivity index (χ0) is 12.5. The van der Waals surface area contributed by atoms with Crippen molar-refractivity contribution in [3.63, 3.8) is 0 Å². The van der Waals surface area contributed by atoms with Crippen molar-refractivity contribution in [2.45, 2.75) is 26.4 Å². The Morgan fingerprint density at radius 1 is 1.18 bits per heavy atom. The Morgan fingerprint density at radius 3 is 2.53 bits per heavy atom. The van der Waals surface area contributed by atoms with E-state index in [9.17, 15) is 9.59 Å². The van der Waals surface area contributed by atoms with Crippen LogP contribution in [0.5, 0.6) is 0 Å². The first kappa shape index (κ1) is 13.2. The lowest BCUT2D eigenvalue weighted by molar-refractivity contribution is -0.146. The highest BCUT2D eigenvalue weighted by Gasteiger charge is 2.07. The summed E-state index contributed by atoms with van der Waals surface area (Å²) >= 11 is 0. The van der Waals surface area contributed by atoms with Crippen LogP contribution >= 0.6 is 0 Å². The van der Waals surface area contributed by atoms with E-state index in [2.05, 4.69) is 5.32 Å². The molecule has 0 fully saturated rings. The monoisotopic (exact) mass is 235 g/mol. The number of carbonyl (C=O) groups is 2. The number of benzene rings is 1. The summed E-state index contributed by atoms with van der Waals surface area (Å²) in [6, 6.07) is 9.45. The van der Waals surface area contributed by atoms with Crippen molar-refractivity contribution in [1.82, 2.24) is 5.32 Å². The van der Waals surface area contributed by atoms with Crippen LogP contribution in [0.2, 0.25) is 0 Å². The van der Waals surface area contributed by atoms with Crippen LogP contribution in [0.3, 0.4) is 0 Å². The summed E-state index contributed by atoms with van der Waals surface area (Å²) in [4.78, 5) is 22.4. The first-order valence-electron chi connectivity index (χ1n) is 5.68. The van der Waals surface area contributed by atoms with E-state index in [-0.39, 0.29) is 31.3 Å². The van der Waals surface area contributed by atoms with E-state index < -0.39 is 0 Å². The second-order valence-corrected chi connectivity index (χ2v) is 3.60. The Hall–Kier alpha value is -1.84. The van der Waals surface area contributed by atoms with Gasteiger partial charge >= 0.3 is 5.97 Å². The van der Waals surface area contributed by atoms with Gasteiger partial charge in [0.1, 0.15) is 6.61 Å². The molecular weight excluding hydrogens is 218 g/mol. The van der Waals surface area contributed by atoms with E-state index in [1.165, 1.54) is 0 Å². The summed E-state index contributed by atoms with van der Waals surface area (Å²) in [6.45, 7) is 2.68. The molecule has 1 aromatic carbocycles. The molecule has 1 N–H and O–H groups in total. The zero-order valence-corrected chi connectivity index (χ0v) is 9.94. The molecular formula is C13H17NO3. The quantitative estimate of drug-likeness (QED) is 0.763. The van der Waals surface area contributed by atoms with Crippen molar-refractivity contribution in [2.24, 2.45) is 0 Å². The van der Waals surface area contributed by atoms with Gasteiger partial charge < -0.3 is 10.1 Å². The van der Waals surface area contributed by atoms with Gasteiger partial charge in [0.2, 0.25) is 5.91 Å². The molecule has 92 valence electrons. The summed E-state index contributed by atoms with van der Waals surface area (Å²) in [7, 11) is 0. The van der Waals surface area contributed by atoms with E-state index in [0.29, 0.717) is 6.54 Å². The number of carbonyl (C=O) groups excluding carboxylic acids is 2. The van der Waals surface area contributed by atoms with Crippen molar-refractivity contribution in [3.05, 3.63) is 35.9 Å². The van der Waals surface area contributed by atoms with Gasteiger partial charge in [0.15, 0.2) is 0 Å². The Labute approximate surface area is 101 Å². The lowest BCUT2D eigenvalue weighted by Gasteiger charge is -2.05. The molecule has 4 nitrogen and oxygen atoms in total. The molecule has 0 saturated heterocycles. The maximum Gasteiger partial charge on any atom is 0.306 e. The minimum Gasteiger partial charge on any atom is -0.461 e. The van der Waals surface area contributed by atoms with Gasteiger partial charge in [-0.3, -0.25) is 9.59 Å². The molecule has 0 spiro atoms. The van der Waals surface area contributed by atoms with Crippen molar-refractivity contribution in [2.75, 3.05) is 6.54 Å². The third kappa shape index (κ3) is 5.70. The zero-order valence-electron chi connectivity index (χ0n) is 9.94. The van der Waals surface area contributed by atoms with Crippen LogP contribution < -0.4 is 5.32 Å². The highest BCUT2D eigenvalue weighted by atomic mass is 16.5. The van der Waals surface area contributed by atoms with Crippen LogP contribution in [-0.4, -0.2) is 18.4 Å². The van der Waals surface area contributed by atoms with Crippen LogP contribution in [-0.2, 0) is 20.9 Å². The second-order valence-electron chi connectivity index (χ2n) is 3.60. The summed E-state index contributed by atoms with van der Waals surface area (Å²) in [5, 5.41) is 2.63. The fourth-order valence-corrected chi connectivity index (χ4v) is 1.31. The summed E-state index contributed by atoms with van der Waals surface area (Å²) in [5.41, 5.74) is 0.943. The largest absolute Gasteiger partial charge is 0.461 e.